The third-order valence-corrected chi connectivity index (χ3v) is 3.66. The van der Waals surface area contributed by atoms with Gasteiger partial charge in [-0.25, -0.2) is 0 Å². The van der Waals surface area contributed by atoms with E-state index < -0.39 is 11.8 Å². The Morgan fingerprint density at radius 3 is 2.72 bits per heavy atom. The lowest BCUT2D eigenvalue weighted by molar-refractivity contribution is -0.136. The van der Waals surface area contributed by atoms with Crippen LogP contribution in [0.2, 0.25) is 0 Å². The van der Waals surface area contributed by atoms with Crippen molar-refractivity contribution in [3.05, 3.63) is 48.0 Å². The van der Waals surface area contributed by atoms with Crippen molar-refractivity contribution in [2.75, 3.05) is 18.5 Å². The van der Waals surface area contributed by atoms with Crippen LogP contribution in [0.25, 0.3) is 0 Å². The molecular formula is C18H18N2O5. The van der Waals surface area contributed by atoms with E-state index in [-0.39, 0.29) is 30.7 Å². The number of aromatic hydroxyl groups is 1. The fourth-order valence-electron chi connectivity index (χ4n) is 2.38. The first-order valence-corrected chi connectivity index (χ1v) is 7.80. The predicted molar refractivity (Wildman–Crippen MR) is 90.8 cm³/mol. The van der Waals surface area contributed by atoms with Crippen molar-refractivity contribution in [2.24, 2.45) is 0 Å². The number of fused-ring (bicyclic) bond motifs is 1. The first kappa shape index (κ1) is 16.6. The summed E-state index contributed by atoms with van der Waals surface area (Å²) in [5, 5.41) is 14.6. The molecule has 3 N–H and O–H groups in total. The van der Waals surface area contributed by atoms with Gasteiger partial charge in [0.05, 0.1) is 12.2 Å². The Hall–Kier alpha value is -3.22. The highest BCUT2D eigenvalue weighted by Gasteiger charge is 2.23. The monoisotopic (exact) mass is 342 g/mol. The molecule has 7 heteroatoms. The Morgan fingerprint density at radius 1 is 1.16 bits per heavy atom. The van der Waals surface area contributed by atoms with Crippen LogP contribution >= 0.6 is 0 Å². The SMILES string of the molecule is Cc1ccc(O)c(NC(=O)C(=O)NCC2COc3ccccc3O2)c1. The minimum atomic E-state index is -0.863. The summed E-state index contributed by atoms with van der Waals surface area (Å²) in [6.07, 6.45) is -0.390. The summed E-state index contributed by atoms with van der Waals surface area (Å²) in [5.74, 6) is -0.534. The number of phenolic OH excluding ortho intramolecular Hbond substituents is 1. The van der Waals surface area contributed by atoms with Crippen molar-refractivity contribution >= 4 is 17.5 Å². The van der Waals surface area contributed by atoms with Crippen LogP contribution in [-0.4, -0.2) is 36.2 Å². The van der Waals surface area contributed by atoms with Crippen molar-refractivity contribution in [1.82, 2.24) is 5.32 Å². The van der Waals surface area contributed by atoms with Crippen LogP contribution in [0.15, 0.2) is 42.5 Å². The van der Waals surface area contributed by atoms with Crippen LogP contribution in [0.3, 0.4) is 0 Å². The summed E-state index contributed by atoms with van der Waals surface area (Å²) in [6.45, 7) is 2.21. The van der Waals surface area contributed by atoms with E-state index in [9.17, 15) is 14.7 Å². The average molecular weight is 342 g/mol. The van der Waals surface area contributed by atoms with Crippen LogP contribution in [0.5, 0.6) is 17.2 Å². The molecule has 2 aromatic rings. The molecule has 3 rings (SSSR count). The van der Waals surface area contributed by atoms with E-state index in [1.807, 2.05) is 19.1 Å². The molecule has 0 aliphatic carbocycles. The second kappa shape index (κ2) is 7.12. The van der Waals surface area contributed by atoms with E-state index >= 15 is 0 Å². The normalized spacial score (nSPS) is 15.3. The van der Waals surface area contributed by atoms with Gasteiger partial charge in [0.25, 0.3) is 0 Å². The molecule has 0 radical (unpaired) electrons. The Morgan fingerprint density at radius 2 is 1.92 bits per heavy atom. The lowest BCUT2D eigenvalue weighted by Crippen LogP contribution is -2.44. The molecule has 0 aromatic heterocycles. The summed E-state index contributed by atoms with van der Waals surface area (Å²) < 4.78 is 11.2. The highest BCUT2D eigenvalue weighted by molar-refractivity contribution is 6.39. The van der Waals surface area contributed by atoms with Crippen LogP contribution < -0.4 is 20.1 Å². The lowest BCUT2D eigenvalue weighted by atomic mass is 10.2. The summed E-state index contributed by atoms with van der Waals surface area (Å²) in [6, 6.07) is 12.0. The number of hydrogen-bond acceptors (Lipinski definition) is 5. The van der Waals surface area contributed by atoms with Gasteiger partial charge in [0.2, 0.25) is 0 Å². The number of aryl methyl sites for hydroxylation is 1. The van der Waals surface area contributed by atoms with Gasteiger partial charge in [0.1, 0.15) is 18.5 Å². The summed E-state index contributed by atoms with van der Waals surface area (Å²) in [7, 11) is 0. The summed E-state index contributed by atoms with van der Waals surface area (Å²) in [5.41, 5.74) is 1.03. The van der Waals surface area contributed by atoms with Gasteiger partial charge in [-0.3, -0.25) is 9.59 Å². The van der Waals surface area contributed by atoms with Gasteiger partial charge in [-0.05, 0) is 36.8 Å². The summed E-state index contributed by atoms with van der Waals surface area (Å²) >= 11 is 0. The molecule has 1 aliphatic rings. The number of anilines is 1. The molecule has 0 saturated carbocycles. The van der Waals surface area contributed by atoms with Crippen molar-refractivity contribution < 1.29 is 24.2 Å². The number of para-hydroxylation sites is 2. The van der Waals surface area contributed by atoms with Crippen molar-refractivity contribution in [3.63, 3.8) is 0 Å². The molecule has 130 valence electrons. The second-order valence-corrected chi connectivity index (χ2v) is 5.68. The molecule has 0 fully saturated rings. The smallest absolute Gasteiger partial charge is 0.313 e. The van der Waals surface area contributed by atoms with E-state index in [2.05, 4.69) is 10.6 Å². The largest absolute Gasteiger partial charge is 0.506 e. The van der Waals surface area contributed by atoms with E-state index in [4.69, 9.17) is 9.47 Å². The van der Waals surface area contributed by atoms with Gasteiger partial charge in [-0.1, -0.05) is 18.2 Å². The third-order valence-electron chi connectivity index (χ3n) is 3.66. The van der Waals surface area contributed by atoms with E-state index in [1.165, 1.54) is 6.07 Å². The maximum absolute atomic E-state index is 11.9. The first-order valence-electron chi connectivity index (χ1n) is 7.80. The molecular weight excluding hydrogens is 324 g/mol. The number of rotatable bonds is 3. The quantitative estimate of drug-likeness (QED) is 0.581. The molecule has 1 unspecified atom stereocenters. The van der Waals surface area contributed by atoms with Crippen LogP contribution in [-0.2, 0) is 9.59 Å². The Balaban J connectivity index is 1.52. The Bertz CT molecular complexity index is 806. The molecule has 1 heterocycles. The first-order chi connectivity index (χ1) is 12.0. The van der Waals surface area contributed by atoms with Gasteiger partial charge in [0.15, 0.2) is 11.5 Å². The van der Waals surface area contributed by atoms with Gasteiger partial charge in [-0.2, -0.15) is 0 Å². The number of phenols is 1. The van der Waals surface area contributed by atoms with Crippen molar-refractivity contribution in [1.29, 1.82) is 0 Å². The van der Waals surface area contributed by atoms with Crippen LogP contribution in [0.4, 0.5) is 5.69 Å². The molecule has 0 bridgehead atoms. The summed E-state index contributed by atoms with van der Waals surface area (Å²) in [4.78, 5) is 23.9. The molecule has 2 amide bonds. The molecule has 1 atom stereocenters. The minimum Gasteiger partial charge on any atom is -0.506 e. The zero-order valence-corrected chi connectivity index (χ0v) is 13.6. The fraction of sp³-hybridized carbons (Fsp3) is 0.222. The maximum Gasteiger partial charge on any atom is 0.313 e. The zero-order chi connectivity index (χ0) is 17.8. The minimum absolute atomic E-state index is 0.104. The predicted octanol–water partition coefficient (Wildman–Crippen LogP) is 1.60. The van der Waals surface area contributed by atoms with Gasteiger partial charge < -0.3 is 25.2 Å². The highest BCUT2D eigenvalue weighted by atomic mass is 16.6. The lowest BCUT2D eigenvalue weighted by Gasteiger charge is -2.26. The fourth-order valence-corrected chi connectivity index (χ4v) is 2.38. The van der Waals surface area contributed by atoms with Gasteiger partial charge in [-0.15, -0.1) is 0 Å². The number of ether oxygens (including phenoxy) is 2. The number of amides is 2. The second-order valence-electron chi connectivity index (χ2n) is 5.68. The van der Waals surface area contributed by atoms with E-state index in [0.717, 1.165) is 5.56 Å². The average Bonchev–Trinajstić information content (AvgIpc) is 2.62. The number of hydrogen-bond donors (Lipinski definition) is 3. The Labute approximate surface area is 144 Å². The molecule has 0 saturated heterocycles. The molecule has 1 aliphatic heterocycles. The van der Waals surface area contributed by atoms with Crippen molar-refractivity contribution in [3.8, 4) is 17.2 Å². The van der Waals surface area contributed by atoms with E-state index in [0.29, 0.717) is 11.5 Å². The van der Waals surface area contributed by atoms with Crippen LogP contribution in [0.1, 0.15) is 5.56 Å². The number of carbonyl (C=O) groups excluding carboxylic acids is 2. The van der Waals surface area contributed by atoms with Crippen LogP contribution in [0, 0.1) is 6.92 Å². The molecule has 2 aromatic carbocycles. The highest BCUT2D eigenvalue weighted by Crippen LogP contribution is 2.30. The molecule has 7 nitrogen and oxygen atoms in total. The Kier molecular flexibility index (Phi) is 4.74. The molecule has 0 spiro atoms. The maximum atomic E-state index is 11.9. The van der Waals surface area contributed by atoms with Gasteiger partial charge >= 0.3 is 11.8 Å². The third kappa shape index (κ3) is 4.00. The standard InChI is InChI=1S/C18H18N2O5/c1-11-6-7-14(21)13(8-11)20-18(23)17(22)19-9-12-10-24-15-4-2-3-5-16(15)25-12/h2-8,12,21H,9-10H2,1H3,(H,19,22)(H,20,23). The van der Waals surface area contributed by atoms with E-state index in [1.54, 1.807) is 24.3 Å². The number of benzene rings is 2. The number of nitrogens with one attached hydrogen (secondary N) is 2. The van der Waals surface area contributed by atoms with Crippen molar-refractivity contribution in [2.45, 2.75) is 13.0 Å². The topological polar surface area (TPSA) is 96.9 Å². The zero-order valence-electron chi connectivity index (χ0n) is 13.6. The molecule has 25 heavy (non-hydrogen) atoms. The number of carbonyl (C=O) groups is 2. The van der Waals surface area contributed by atoms with Gasteiger partial charge in [0, 0.05) is 0 Å².